The number of rotatable bonds is 6. The molecular formula is C25H30N6O3. The highest BCUT2D eigenvalue weighted by atomic mass is 16.5. The summed E-state index contributed by atoms with van der Waals surface area (Å²) in [7, 11) is 3.80. The van der Waals surface area contributed by atoms with Gasteiger partial charge in [0.1, 0.15) is 5.75 Å². The Kier molecular flexibility index (Phi) is 6.10. The molecule has 9 nitrogen and oxygen atoms in total. The lowest BCUT2D eigenvalue weighted by Crippen LogP contribution is -2.48. The van der Waals surface area contributed by atoms with E-state index in [0.717, 1.165) is 29.5 Å². The van der Waals surface area contributed by atoms with Crippen LogP contribution in [0, 0.1) is 0 Å². The minimum absolute atomic E-state index is 0.156. The molecule has 3 aromatic rings. The number of benzene rings is 2. The van der Waals surface area contributed by atoms with E-state index in [9.17, 15) is 9.59 Å². The molecular weight excluding hydrogens is 432 g/mol. The molecule has 2 saturated heterocycles. The van der Waals surface area contributed by atoms with Gasteiger partial charge in [-0.1, -0.05) is 12.1 Å². The zero-order chi connectivity index (χ0) is 23.7. The first-order valence-corrected chi connectivity index (χ1v) is 11.7. The van der Waals surface area contributed by atoms with Crippen LogP contribution in [0.5, 0.6) is 5.75 Å². The number of hydrogen-bond donors (Lipinski definition) is 4. The second-order valence-electron chi connectivity index (χ2n) is 9.18. The van der Waals surface area contributed by atoms with Gasteiger partial charge in [0.15, 0.2) is 5.69 Å². The number of urea groups is 1. The summed E-state index contributed by atoms with van der Waals surface area (Å²) in [5, 5.41) is 16.8. The maximum Gasteiger partial charge on any atom is 0.319 e. The van der Waals surface area contributed by atoms with E-state index < -0.39 is 0 Å². The Bertz CT molecular complexity index is 1190. The van der Waals surface area contributed by atoms with Gasteiger partial charge in [0.2, 0.25) is 0 Å². The van der Waals surface area contributed by atoms with Crippen LogP contribution in [-0.2, 0) is 6.54 Å². The van der Waals surface area contributed by atoms with Crippen molar-refractivity contribution in [1.82, 2.24) is 25.7 Å². The first kappa shape index (κ1) is 22.2. The highest BCUT2D eigenvalue weighted by Crippen LogP contribution is 2.34. The van der Waals surface area contributed by atoms with Crippen LogP contribution in [-0.4, -0.2) is 59.3 Å². The quantitative estimate of drug-likeness (QED) is 0.449. The summed E-state index contributed by atoms with van der Waals surface area (Å²) in [6.07, 6.45) is 4.39. The molecule has 178 valence electrons. The molecule has 0 radical (unpaired) electrons. The van der Waals surface area contributed by atoms with Gasteiger partial charge < -0.3 is 25.6 Å². The minimum Gasteiger partial charge on any atom is -0.497 e. The van der Waals surface area contributed by atoms with Crippen molar-refractivity contribution in [3.8, 4) is 5.75 Å². The summed E-state index contributed by atoms with van der Waals surface area (Å²) in [5.41, 5.74) is 2.62. The topological polar surface area (TPSA) is 111 Å². The van der Waals surface area contributed by atoms with Crippen LogP contribution in [0.2, 0.25) is 0 Å². The maximum absolute atomic E-state index is 12.9. The van der Waals surface area contributed by atoms with Crippen LogP contribution in [0.1, 0.15) is 41.7 Å². The Labute approximate surface area is 198 Å². The number of hydrogen-bond acceptors (Lipinski definition) is 5. The third kappa shape index (κ3) is 4.56. The van der Waals surface area contributed by atoms with E-state index in [0.29, 0.717) is 35.5 Å². The summed E-state index contributed by atoms with van der Waals surface area (Å²) in [6.45, 7) is 0.373. The first-order chi connectivity index (χ1) is 16.5. The van der Waals surface area contributed by atoms with Crippen molar-refractivity contribution in [3.05, 3.63) is 53.7 Å². The maximum atomic E-state index is 12.9. The molecule has 0 aliphatic carbocycles. The zero-order valence-corrected chi connectivity index (χ0v) is 19.4. The van der Waals surface area contributed by atoms with E-state index >= 15 is 0 Å². The van der Waals surface area contributed by atoms with Gasteiger partial charge in [0.25, 0.3) is 5.91 Å². The average Bonchev–Trinajstić information content (AvgIpc) is 3.33. The van der Waals surface area contributed by atoms with Crippen LogP contribution in [0.25, 0.3) is 10.9 Å². The number of anilines is 1. The number of carbonyl (C=O) groups is 2. The van der Waals surface area contributed by atoms with Gasteiger partial charge in [-0.05, 0) is 68.6 Å². The third-order valence-electron chi connectivity index (χ3n) is 7.06. The van der Waals surface area contributed by atoms with Gasteiger partial charge >= 0.3 is 6.03 Å². The molecule has 0 unspecified atom stereocenters. The van der Waals surface area contributed by atoms with Crippen LogP contribution in [0.15, 0.2) is 42.5 Å². The number of piperidine rings is 1. The van der Waals surface area contributed by atoms with Gasteiger partial charge in [-0.3, -0.25) is 9.89 Å². The van der Waals surface area contributed by atoms with Crippen LogP contribution in [0.4, 0.5) is 10.5 Å². The SMILES string of the molecule is COc1cccc(CNC(=O)Nc2ccc3c(C(=O)N[C@H]4C[C@H]5CC[C@@H](C4)N5C)n[nH]c3c2)c1. The molecule has 5 rings (SSSR count). The summed E-state index contributed by atoms with van der Waals surface area (Å²) < 4.78 is 5.21. The molecule has 2 bridgehead atoms. The molecule has 2 aliphatic rings. The number of nitrogens with zero attached hydrogens (tertiary/aromatic N) is 2. The van der Waals surface area contributed by atoms with Crippen molar-refractivity contribution in [1.29, 1.82) is 0 Å². The number of aromatic nitrogens is 2. The molecule has 1 aromatic heterocycles. The van der Waals surface area contributed by atoms with Gasteiger partial charge in [-0.2, -0.15) is 5.10 Å². The predicted octanol–water partition coefficient (Wildman–Crippen LogP) is 3.25. The van der Waals surface area contributed by atoms with Crippen molar-refractivity contribution in [2.24, 2.45) is 0 Å². The van der Waals surface area contributed by atoms with Crippen LogP contribution in [0.3, 0.4) is 0 Å². The van der Waals surface area contributed by atoms with Crippen molar-refractivity contribution in [3.63, 3.8) is 0 Å². The van der Waals surface area contributed by atoms with Gasteiger partial charge in [-0.15, -0.1) is 0 Å². The van der Waals surface area contributed by atoms with Crippen molar-refractivity contribution >= 4 is 28.5 Å². The number of fused-ring (bicyclic) bond motifs is 3. The number of nitrogens with one attached hydrogen (secondary N) is 4. The number of H-pyrrole nitrogens is 1. The minimum atomic E-state index is -0.323. The second kappa shape index (κ2) is 9.34. The zero-order valence-electron chi connectivity index (χ0n) is 19.4. The van der Waals surface area contributed by atoms with E-state index in [4.69, 9.17) is 4.74 Å². The Morgan fingerprint density at radius 2 is 1.94 bits per heavy atom. The summed E-state index contributed by atoms with van der Waals surface area (Å²) in [6, 6.07) is 13.9. The molecule has 0 saturated carbocycles. The lowest BCUT2D eigenvalue weighted by Gasteiger charge is -2.36. The molecule has 34 heavy (non-hydrogen) atoms. The monoisotopic (exact) mass is 462 g/mol. The summed E-state index contributed by atoms with van der Waals surface area (Å²) in [5.74, 6) is 0.587. The normalized spacial score (nSPS) is 21.9. The summed E-state index contributed by atoms with van der Waals surface area (Å²) >= 11 is 0. The lowest BCUT2D eigenvalue weighted by atomic mass is 9.98. The first-order valence-electron chi connectivity index (χ1n) is 11.7. The fourth-order valence-electron chi connectivity index (χ4n) is 5.19. The predicted molar refractivity (Wildman–Crippen MR) is 130 cm³/mol. The highest BCUT2D eigenvalue weighted by Gasteiger charge is 2.39. The number of carbonyl (C=O) groups excluding carboxylic acids is 2. The fraction of sp³-hybridized carbons (Fsp3) is 0.400. The standard InChI is InChI=1S/C25H30N6O3/c1-31-18-7-8-19(31)12-17(11-18)27-24(32)23-21-9-6-16(13-22(21)29-30-23)28-25(33)26-14-15-4-3-5-20(10-15)34-2/h3-6,9-10,13,17-19H,7-8,11-12,14H2,1-2H3,(H,27,32)(H,29,30)(H2,26,28,33)/t17-,18+,19-. The fourth-order valence-corrected chi connectivity index (χ4v) is 5.19. The molecule has 0 spiro atoms. The summed E-state index contributed by atoms with van der Waals surface area (Å²) in [4.78, 5) is 27.7. The Hall–Kier alpha value is -3.59. The number of methoxy groups -OCH3 is 1. The van der Waals surface area contributed by atoms with E-state index in [1.807, 2.05) is 30.3 Å². The largest absolute Gasteiger partial charge is 0.497 e. The van der Waals surface area contributed by atoms with E-state index in [-0.39, 0.29) is 18.0 Å². The lowest BCUT2D eigenvalue weighted by molar-refractivity contribution is 0.0879. The van der Waals surface area contributed by atoms with Gasteiger partial charge in [0, 0.05) is 35.7 Å². The Morgan fingerprint density at radius 3 is 2.71 bits per heavy atom. The molecule has 3 amide bonds. The molecule has 2 aliphatic heterocycles. The average molecular weight is 463 g/mol. The molecule has 2 fully saturated rings. The van der Waals surface area contributed by atoms with Crippen molar-refractivity contribution < 1.29 is 14.3 Å². The molecule has 9 heteroatoms. The number of aromatic amines is 1. The van der Waals surface area contributed by atoms with Crippen LogP contribution < -0.4 is 20.7 Å². The van der Waals surface area contributed by atoms with Crippen LogP contribution >= 0.6 is 0 Å². The molecule has 3 heterocycles. The Morgan fingerprint density at radius 1 is 1.15 bits per heavy atom. The number of ether oxygens (including phenoxy) is 1. The van der Waals surface area contributed by atoms with E-state index in [2.05, 4.69) is 38.1 Å². The van der Waals surface area contributed by atoms with Gasteiger partial charge in [0.05, 0.1) is 12.6 Å². The highest BCUT2D eigenvalue weighted by molar-refractivity contribution is 6.05. The second-order valence-corrected chi connectivity index (χ2v) is 9.18. The van der Waals surface area contributed by atoms with Gasteiger partial charge in [-0.25, -0.2) is 4.79 Å². The third-order valence-corrected chi connectivity index (χ3v) is 7.06. The van der Waals surface area contributed by atoms with Crippen molar-refractivity contribution in [2.45, 2.75) is 50.4 Å². The van der Waals surface area contributed by atoms with E-state index in [1.54, 1.807) is 19.2 Å². The molecule has 3 atom stereocenters. The Balaban J connectivity index is 1.19. The number of amides is 3. The smallest absolute Gasteiger partial charge is 0.319 e. The molecule has 2 aromatic carbocycles. The van der Waals surface area contributed by atoms with E-state index in [1.165, 1.54) is 12.8 Å². The van der Waals surface area contributed by atoms with Crippen molar-refractivity contribution in [2.75, 3.05) is 19.5 Å². The molecule has 4 N–H and O–H groups in total.